The molecule has 3 nitrogen and oxygen atoms in total. The first-order chi connectivity index (χ1) is 10.3. The van der Waals surface area contributed by atoms with E-state index in [0.29, 0.717) is 0 Å². The minimum absolute atomic E-state index is 0.905. The summed E-state index contributed by atoms with van der Waals surface area (Å²) in [5, 5.41) is 1.20. The van der Waals surface area contributed by atoms with E-state index in [0.717, 1.165) is 30.8 Å². The fourth-order valence-electron chi connectivity index (χ4n) is 3.16. The summed E-state index contributed by atoms with van der Waals surface area (Å²) in [4.78, 5) is 6.96. The molecule has 0 saturated heterocycles. The van der Waals surface area contributed by atoms with Crippen LogP contribution >= 0.6 is 0 Å². The van der Waals surface area contributed by atoms with Gasteiger partial charge in [-0.05, 0) is 28.8 Å². The van der Waals surface area contributed by atoms with Gasteiger partial charge in [0, 0.05) is 36.9 Å². The molecule has 1 aliphatic rings. The Morgan fingerprint density at radius 1 is 1.00 bits per heavy atom. The maximum atomic E-state index is 6.08. The Kier molecular flexibility index (Phi) is 2.86. The summed E-state index contributed by atoms with van der Waals surface area (Å²) in [6.45, 7) is 2.79. The van der Waals surface area contributed by atoms with Crippen molar-refractivity contribution in [2.24, 2.45) is 0 Å². The molecule has 0 aliphatic carbocycles. The quantitative estimate of drug-likeness (QED) is 0.729. The molecule has 0 spiro atoms. The summed E-state index contributed by atoms with van der Waals surface area (Å²) >= 11 is 0. The van der Waals surface area contributed by atoms with Crippen LogP contribution in [0.15, 0.2) is 54.7 Å². The van der Waals surface area contributed by atoms with Gasteiger partial charge in [0.05, 0.1) is 5.52 Å². The third-order valence-corrected chi connectivity index (χ3v) is 4.20. The topological polar surface area (TPSA) is 42.1 Å². The standard InChI is InChI=1S/C18H17N3/c19-17-8-2-5-14-10-21(12-16(14)17)11-15-6-1-4-13-7-3-9-20-18(13)15/h1-9H,10-12,19H2. The zero-order valence-corrected chi connectivity index (χ0v) is 11.8. The summed E-state index contributed by atoms with van der Waals surface area (Å²) in [5.74, 6) is 0. The van der Waals surface area contributed by atoms with Gasteiger partial charge in [-0.3, -0.25) is 9.88 Å². The molecule has 1 aromatic heterocycles. The molecule has 0 radical (unpaired) electrons. The van der Waals surface area contributed by atoms with Crippen LogP contribution in [0.4, 0.5) is 5.69 Å². The molecule has 21 heavy (non-hydrogen) atoms. The minimum atomic E-state index is 0.905. The highest BCUT2D eigenvalue weighted by Gasteiger charge is 2.21. The fourth-order valence-corrected chi connectivity index (χ4v) is 3.16. The van der Waals surface area contributed by atoms with Crippen LogP contribution in [-0.4, -0.2) is 9.88 Å². The number of nitrogen functional groups attached to an aromatic ring is 1. The van der Waals surface area contributed by atoms with E-state index >= 15 is 0 Å². The monoisotopic (exact) mass is 275 g/mol. The van der Waals surface area contributed by atoms with E-state index in [1.807, 2.05) is 24.4 Å². The number of pyridine rings is 1. The van der Waals surface area contributed by atoms with Gasteiger partial charge in [0.15, 0.2) is 0 Å². The molecular formula is C18H17N3. The number of nitrogens with zero attached hydrogens (tertiary/aromatic N) is 2. The number of hydrogen-bond donors (Lipinski definition) is 1. The van der Waals surface area contributed by atoms with Gasteiger partial charge in [0.2, 0.25) is 0 Å². The Labute approximate surface area is 124 Å². The molecule has 0 bridgehead atoms. The summed E-state index contributed by atoms with van der Waals surface area (Å²) in [6, 6.07) is 16.7. The van der Waals surface area contributed by atoms with Crippen LogP contribution in [0.2, 0.25) is 0 Å². The number of anilines is 1. The van der Waals surface area contributed by atoms with Crippen LogP contribution in [0.5, 0.6) is 0 Å². The van der Waals surface area contributed by atoms with Crippen LogP contribution in [0.3, 0.4) is 0 Å². The third kappa shape index (κ3) is 2.16. The SMILES string of the molecule is Nc1cccc2c1CN(Cc1cccc3cccnc13)C2. The predicted octanol–water partition coefficient (Wildman–Crippen LogP) is 3.33. The average molecular weight is 275 g/mol. The van der Waals surface area contributed by atoms with Crippen LogP contribution in [0.25, 0.3) is 10.9 Å². The lowest BCUT2D eigenvalue weighted by atomic mass is 10.1. The predicted molar refractivity (Wildman–Crippen MR) is 85.5 cm³/mol. The number of fused-ring (bicyclic) bond motifs is 2. The number of para-hydroxylation sites is 1. The first-order valence-corrected chi connectivity index (χ1v) is 7.22. The summed E-state index contributed by atoms with van der Waals surface area (Å²) < 4.78 is 0. The van der Waals surface area contributed by atoms with E-state index in [9.17, 15) is 0 Å². The lowest BCUT2D eigenvalue weighted by molar-refractivity contribution is 0.276. The van der Waals surface area contributed by atoms with Crippen molar-refractivity contribution in [1.82, 2.24) is 9.88 Å². The zero-order valence-electron chi connectivity index (χ0n) is 11.8. The number of aromatic nitrogens is 1. The number of benzene rings is 2. The molecule has 2 heterocycles. The van der Waals surface area contributed by atoms with Crippen LogP contribution in [-0.2, 0) is 19.6 Å². The van der Waals surface area contributed by atoms with E-state index in [1.165, 1.54) is 22.1 Å². The molecule has 2 N–H and O–H groups in total. The molecule has 104 valence electrons. The van der Waals surface area contributed by atoms with E-state index in [2.05, 4.69) is 40.2 Å². The molecule has 3 aromatic rings. The maximum Gasteiger partial charge on any atom is 0.0746 e. The Balaban J connectivity index is 1.64. The molecule has 0 atom stereocenters. The van der Waals surface area contributed by atoms with E-state index in [1.54, 1.807) is 0 Å². The number of nitrogens with two attached hydrogens (primary N) is 1. The maximum absolute atomic E-state index is 6.08. The zero-order chi connectivity index (χ0) is 14.2. The summed E-state index contributed by atoms with van der Waals surface area (Å²) in [6.07, 6.45) is 1.86. The van der Waals surface area contributed by atoms with Gasteiger partial charge in [0.25, 0.3) is 0 Å². The molecule has 0 saturated carbocycles. The van der Waals surface area contributed by atoms with Crippen molar-refractivity contribution < 1.29 is 0 Å². The van der Waals surface area contributed by atoms with Gasteiger partial charge in [-0.2, -0.15) is 0 Å². The van der Waals surface area contributed by atoms with Crippen molar-refractivity contribution in [2.45, 2.75) is 19.6 Å². The second-order valence-electron chi connectivity index (χ2n) is 5.62. The highest BCUT2D eigenvalue weighted by molar-refractivity contribution is 5.81. The van der Waals surface area contributed by atoms with E-state index < -0.39 is 0 Å². The number of hydrogen-bond acceptors (Lipinski definition) is 3. The molecule has 0 unspecified atom stereocenters. The van der Waals surface area contributed by atoms with Gasteiger partial charge >= 0.3 is 0 Å². The van der Waals surface area contributed by atoms with Crippen molar-refractivity contribution in [3.05, 3.63) is 71.4 Å². The second kappa shape index (κ2) is 4.86. The third-order valence-electron chi connectivity index (χ3n) is 4.20. The Morgan fingerprint density at radius 3 is 2.76 bits per heavy atom. The van der Waals surface area contributed by atoms with Gasteiger partial charge in [-0.15, -0.1) is 0 Å². The molecule has 3 heteroatoms. The minimum Gasteiger partial charge on any atom is -0.398 e. The largest absolute Gasteiger partial charge is 0.398 e. The van der Waals surface area contributed by atoms with Gasteiger partial charge in [0.1, 0.15) is 0 Å². The lowest BCUT2D eigenvalue weighted by Gasteiger charge is -2.16. The first-order valence-electron chi connectivity index (χ1n) is 7.22. The van der Waals surface area contributed by atoms with E-state index in [4.69, 9.17) is 5.73 Å². The molecule has 4 rings (SSSR count). The van der Waals surface area contributed by atoms with Gasteiger partial charge in [-0.1, -0.05) is 36.4 Å². The fraction of sp³-hybridized carbons (Fsp3) is 0.167. The Bertz CT molecular complexity index is 805. The van der Waals surface area contributed by atoms with Crippen molar-refractivity contribution in [3.63, 3.8) is 0 Å². The molecule has 0 amide bonds. The van der Waals surface area contributed by atoms with Crippen LogP contribution < -0.4 is 5.73 Å². The molecule has 2 aromatic carbocycles. The smallest absolute Gasteiger partial charge is 0.0746 e. The number of rotatable bonds is 2. The first kappa shape index (κ1) is 12.4. The van der Waals surface area contributed by atoms with Gasteiger partial charge < -0.3 is 5.73 Å². The molecule has 1 aliphatic heterocycles. The second-order valence-corrected chi connectivity index (χ2v) is 5.62. The average Bonchev–Trinajstić information content (AvgIpc) is 2.92. The van der Waals surface area contributed by atoms with Crippen molar-refractivity contribution in [1.29, 1.82) is 0 Å². The van der Waals surface area contributed by atoms with Gasteiger partial charge in [-0.25, -0.2) is 0 Å². The van der Waals surface area contributed by atoms with Crippen molar-refractivity contribution in [2.75, 3.05) is 5.73 Å². The summed E-state index contributed by atoms with van der Waals surface area (Å²) in [5.41, 5.74) is 12.0. The normalized spacial score (nSPS) is 14.5. The molecule has 0 fully saturated rings. The van der Waals surface area contributed by atoms with Crippen molar-refractivity contribution in [3.8, 4) is 0 Å². The lowest BCUT2D eigenvalue weighted by Crippen LogP contribution is -2.16. The Morgan fingerprint density at radius 2 is 1.86 bits per heavy atom. The summed E-state index contributed by atoms with van der Waals surface area (Å²) in [7, 11) is 0. The van der Waals surface area contributed by atoms with Crippen molar-refractivity contribution >= 4 is 16.6 Å². The molecular weight excluding hydrogens is 258 g/mol. The Hall–Kier alpha value is -2.39. The highest BCUT2D eigenvalue weighted by Crippen LogP contribution is 2.29. The highest BCUT2D eigenvalue weighted by atomic mass is 15.1. The van der Waals surface area contributed by atoms with E-state index in [-0.39, 0.29) is 0 Å². The van der Waals surface area contributed by atoms with Crippen LogP contribution in [0, 0.1) is 0 Å². The van der Waals surface area contributed by atoms with Crippen LogP contribution in [0.1, 0.15) is 16.7 Å².